The molecule has 1 heterocycles. The highest BCUT2D eigenvalue weighted by Crippen LogP contribution is 2.37. The number of carbonyl (C=O) groups excluding carboxylic acids is 1. The number of alkyl halides is 1. The molecule has 0 bridgehead atoms. The Balaban J connectivity index is 2.07. The van der Waals surface area contributed by atoms with E-state index in [0.717, 1.165) is 10.9 Å². The van der Waals surface area contributed by atoms with Crippen LogP contribution in [-0.2, 0) is 9.53 Å². The predicted molar refractivity (Wildman–Crippen MR) is 74.6 cm³/mol. The molecule has 16 heavy (non-hydrogen) atoms. The molecule has 1 aliphatic rings. The van der Waals surface area contributed by atoms with E-state index in [4.69, 9.17) is 4.74 Å². The van der Waals surface area contributed by atoms with Crippen LogP contribution in [0.4, 0.5) is 0 Å². The molecule has 2 atom stereocenters. The average Bonchev–Trinajstić information content (AvgIpc) is 2.29. The lowest BCUT2D eigenvalue weighted by Gasteiger charge is -2.26. The van der Waals surface area contributed by atoms with Gasteiger partial charge < -0.3 is 4.74 Å². The SMILES string of the molecule is O=C1CCC(C(I)c2cccc(Br)c2)CO1. The maximum Gasteiger partial charge on any atom is 0.305 e. The van der Waals surface area contributed by atoms with Crippen molar-refractivity contribution in [1.82, 2.24) is 0 Å². The molecule has 1 aliphatic heterocycles. The minimum absolute atomic E-state index is 0.0610. The van der Waals surface area contributed by atoms with Gasteiger partial charge in [0.25, 0.3) is 0 Å². The number of benzene rings is 1. The lowest BCUT2D eigenvalue weighted by atomic mass is 9.94. The number of esters is 1. The summed E-state index contributed by atoms with van der Waals surface area (Å²) in [5.74, 6) is 0.377. The van der Waals surface area contributed by atoms with Gasteiger partial charge >= 0.3 is 5.97 Å². The van der Waals surface area contributed by atoms with Gasteiger partial charge in [-0.05, 0) is 24.1 Å². The van der Waals surface area contributed by atoms with E-state index >= 15 is 0 Å². The zero-order valence-corrected chi connectivity index (χ0v) is 12.4. The van der Waals surface area contributed by atoms with E-state index in [2.05, 4.69) is 50.7 Å². The quantitative estimate of drug-likeness (QED) is 0.432. The molecule has 0 radical (unpaired) electrons. The summed E-state index contributed by atoms with van der Waals surface area (Å²) in [5, 5.41) is 0. The summed E-state index contributed by atoms with van der Waals surface area (Å²) in [6.45, 7) is 0.555. The molecule has 0 N–H and O–H groups in total. The zero-order chi connectivity index (χ0) is 11.5. The fourth-order valence-corrected chi connectivity index (χ4v) is 3.21. The lowest BCUT2D eigenvalue weighted by molar-refractivity contribution is -0.149. The topological polar surface area (TPSA) is 26.3 Å². The summed E-state index contributed by atoms with van der Waals surface area (Å²) in [6, 6.07) is 8.32. The second-order valence-corrected chi connectivity index (χ2v) is 6.20. The van der Waals surface area contributed by atoms with Crippen LogP contribution in [-0.4, -0.2) is 12.6 Å². The van der Waals surface area contributed by atoms with Crippen LogP contribution >= 0.6 is 38.5 Å². The summed E-state index contributed by atoms with van der Waals surface area (Å²) in [4.78, 5) is 11.0. The van der Waals surface area contributed by atoms with Crippen LogP contribution in [0.5, 0.6) is 0 Å². The van der Waals surface area contributed by atoms with E-state index in [1.807, 2.05) is 12.1 Å². The number of hydrogen-bond acceptors (Lipinski definition) is 2. The molecule has 1 aromatic rings. The molecule has 0 spiro atoms. The van der Waals surface area contributed by atoms with Gasteiger partial charge in [-0.1, -0.05) is 50.7 Å². The minimum Gasteiger partial charge on any atom is -0.465 e. The standard InChI is InChI=1S/C12H12BrIO2/c13-10-3-1-2-8(6-10)12(14)9-4-5-11(15)16-7-9/h1-3,6,9,12H,4-5,7H2. The summed E-state index contributed by atoms with van der Waals surface area (Å²) in [5.41, 5.74) is 1.29. The number of cyclic esters (lactones) is 1. The number of carbonyl (C=O) groups is 1. The van der Waals surface area contributed by atoms with Gasteiger partial charge in [-0.2, -0.15) is 0 Å². The first-order chi connectivity index (χ1) is 7.66. The largest absolute Gasteiger partial charge is 0.465 e. The van der Waals surface area contributed by atoms with Crippen LogP contribution in [0.2, 0.25) is 0 Å². The van der Waals surface area contributed by atoms with Crippen LogP contribution in [0, 0.1) is 5.92 Å². The van der Waals surface area contributed by atoms with Gasteiger partial charge in [-0.25, -0.2) is 0 Å². The van der Waals surface area contributed by atoms with Crippen LogP contribution in [0.3, 0.4) is 0 Å². The van der Waals surface area contributed by atoms with Crippen LogP contribution in [0.1, 0.15) is 22.3 Å². The van der Waals surface area contributed by atoms with E-state index in [-0.39, 0.29) is 5.97 Å². The molecule has 1 fully saturated rings. The molecule has 1 saturated heterocycles. The number of hydrogen-bond donors (Lipinski definition) is 0. The van der Waals surface area contributed by atoms with Crippen molar-refractivity contribution < 1.29 is 9.53 Å². The first-order valence-corrected chi connectivity index (χ1v) is 7.26. The third-order valence-corrected chi connectivity index (χ3v) is 4.99. The fourth-order valence-electron chi connectivity index (χ4n) is 1.84. The highest BCUT2D eigenvalue weighted by molar-refractivity contribution is 14.1. The van der Waals surface area contributed by atoms with Gasteiger partial charge in [-0.3, -0.25) is 4.79 Å². The van der Waals surface area contributed by atoms with Gasteiger partial charge in [0.2, 0.25) is 0 Å². The van der Waals surface area contributed by atoms with Gasteiger partial charge in [-0.15, -0.1) is 0 Å². The van der Waals surface area contributed by atoms with Crippen molar-refractivity contribution in [3.05, 3.63) is 34.3 Å². The van der Waals surface area contributed by atoms with Crippen molar-refractivity contribution in [2.75, 3.05) is 6.61 Å². The average molecular weight is 395 g/mol. The van der Waals surface area contributed by atoms with E-state index < -0.39 is 0 Å². The second-order valence-electron chi connectivity index (χ2n) is 3.94. The molecule has 0 aliphatic carbocycles. The minimum atomic E-state index is -0.0610. The van der Waals surface area contributed by atoms with Crippen molar-refractivity contribution in [2.24, 2.45) is 5.92 Å². The summed E-state index contributed by atoms with van der Waals surface area (Å²) >= 11 is 5.91. The van der Waals surface area contributed by atoms with Gasteiger partial charge in [0, 0.05) is 20.7 Å². The Labute approximate surface area is 117 Å². The molecule has 2 unspecified atom stereocenters. The Morgan fingerprint density at radius 1 is 1.50 bits per heavy atom. The molecule has 2 nitrogen and oxygen atoms in total. The fraction of sp³-hybridized carbons (Fsp3) is 0.417. The summed E-state index contributed by atoms with van der Waals surface area (Å²) in [7, 11) is 0. The summed E-state index contributed by atoms with van der Waals surface area (Å²) in [6.07, 6.45) is 1.48. The van der Waals surface area contributed by atoms with Crippen molar-refractivity contribution in [1.29, 1.82) is 0 Å². The van der Waals surface area contributed by atoms with Crippen LogP contribution in [0.15, 0.2) is 28.7 Å². The number of halogens is 2. The highest BCUT2D eigenvalue weighted by atomic mass is 127. The van der Waals surface area contributed by atoms with Crippen molar-refractivity contribution in [3.63, 3.8) is 0 Å². The van der Waals surface area contributed by atoms with Crippen molar-refractivity contribution >= 4 is 44.5 Å². The smallest absolute Gasteiger partial charge is 0.305 e. The maximum atomic E-state index is 11.0. The van der Waals surface area contributed by atoms with E-state index in [1.54, 1.807) is 0 Å². The Morgan fingerprint density at radius 2 is 2.31 bits per heavy atom. The molecule has 4 heteroatoms. The second kappa shape index (κ2) is 5.49. The molecule has 0 aromatic heterocycles. The molecule has 0 saturated carbocycles. The third-order valence-electron chi connectivity index (χ3n) is 2.76. The van der Waals surface area contributed by atoms with E-state index in [9.17, 15) is 4.79 Å². The van der Waals surface area contributed by atoms with Crippen molar-refractivity contribution in [3.8, 4) is 0 Å². The van der Waals surface area contributed by atoms with Gasteiger partial charge in [0.1, 0.15) is 0 Å². The molecule has 2 rings (SSSR count). The van der Waals surface area contributed by atoms with Crippen LogP contribution < -0.4 is 0 Å². The first-order valence-electron chi connectivity index (χ1n) is 5.22. The maximum absolute atomic E-state index is 11.0. The molecular weight excluding hydrogens is 383 g/mol. The Morgan fingerprint density at radius 3 is 2.94 bits per heavy atom. The van der Waals surface area contributed by atoms with Crippen molar-refractivity contribution in [2.45, 2.75) is 16.8 Å². The predicted octanol–water partition coefficient (Wildman–Crippen LogP) is 3.88. The highest BCUT2D eigenvalue weighted by Gasteiger charge is 2.26. The van der Waals surface area contributed by atoms with E-state index in [1.165, 1.54) is 5.56 Å². The summed E-state index contributed by atoms with van der Waals surface area (Å²) < 4.78 is 6.61. The number of rotatable bonds is 2. The van der Waals surface area contributed by atoms with E-state index in [0.29, 0.717) is 22.9 Å². The number of ether oxygens (including phenoxy) is 1. The van der Waals surface area contributed by atoms with Gasteiger partial charge in [0.15, 0.2) is 0 Å². The Hall–Kier alpha value is -0.100. The molecule has 0 amide bonds. The first kappa shape index (κ1) is 12.4. The monoisotopic (exact) mass is 394 g/mol. The zero-order valence-electron chi connectivity index (χ0n) is 8.66. The lowest BCUT2D eigenvalue weighted by Crippen LogP contribution is -2.24. The van der Waals surface area contributed by atoms with Crippen LogP contribution in [0.25, 0.3) is 0 Å². The normalized spacial score (nSPS) is 22.6. The van der Waals surface area contributed by atoms with Gasteiger partial charge in [0.05, 0.1) is 6.61 Å². The Kier molecular flexibility index (Phi) is 4.24. The Bertz CT molecular complexity index is 384. The molecule has 86 valence electrons. The molecule has 1 aromatic carbocycles. The third kappa shape index (κ3) is 2.97. The molecular formula is C12H12BrIO2.